The first-order valence-electron chi connectivity index (χ1n) is 4.88. The molecule has 1 unspecified atom stereocenters. The van der Waals surface area contributed by atoms with E-state index in [2.05, 4.69) is 13.5 Å². The quantitative estimate of drug-likeness (QED) is 0.334. The van der Waals surface area contributed by atoms with E-state index < -0.39 is 0 Å². The van der Waals surface area contributed by atoms with Crippen LogP contribution in [0.25, 0.3) is 0 Å². The SMILES string of the molecule is C=CCCC(C=O)(CC)CCCCl. The fraction of sp³-hybridized carbons (Fsp3) is 0.727. The van der Waals surface area contributed by atoms with Crippen LogP contribution in [0.3, 0.4) is 0 Å². The van der Waals surface area contributed by atoms with Crippen molar-refractivity contribution in [3.8, 4) is 0 Å². The Hall–Kier alpha value is -0.300. The zero-order chi connectivity index (χ0) is 10.2. The predicted octanol–water partition coefficient (Wildman–Crippen LogP) is 3.57. The summed E-state index contributed by atoms with van der Waals surface area (Å²) in [5, 5.41) is 0. The number of carbonyl (C=O) groups is 1. The third-order valence-electron chi connectivity index (χ3n) is 2.61. The van der Waals surface area contributed by atoms with Gasteiger partial charge in [-0.3, -0.25) is 0 Å². The van der Waals surface area contributed by atoms with Gasteiger partial charge in [-0.25, -0.2) is 0 Å². The van der Waals surface area contributed by atoms with Gasteiger partial charge in [-0.2, -0.15) is 0 Å². The van der Waals surface area contributed by atoms with Gasteiger partial charge in [-0.15, -0.1) is 18.2 Å². The van der Waals surface area contributed by atoms with E-state index in [1.807, 2.05) is 6.08 Å². The summed E-state index contributed by atoms with van der Waals surface area (Å²) in [5.74, 6) is 0.643. The molecule has 0 fully saturated rings. The van der Waals surface area contributed by atoms with Crippen LogP contribution in [0.15, 0.2) is 12.7 Å². The molecule has 0 rings (SSSR count). The Morgan fingerprint density at radius 2 is 2.15 bits per heavy atom. The summed E-state index contributed by atoms with van der Waals surface area (Å²) in [7, 11) is 0. The molecule has 1 nitrogen and oxygen atoms in total. The van der Waals surface area contributed by atoms with E-state index in [1.165, 1.54) is 0 Å². The van der Waals surface area contributed by atoms with Crippen LogP contribution in [0, 0.1) is 5.41 Å². The van der Waals surface area contributed by atoms with Gasteiger partial charge in [0.25, 0.3) is 0 Å². The molecule has 0 aliphatic heterocycles. The summed E-state index contributed by atoms with van der Waals surface area (Å²) in [4.78, 5) is 11.0. The summed E-state index contributed by atoms with van der Waals surface area (Å²) in [6, 6.07) is 0. The smallest absolute Gasteiger partial charge is 0.126 e. The van der Waals surface area contributed by atoms with Gasteiger partial charge in [0, 0.05) is 11.3 Å². The molecule has 0 heterocycles. The van der Waals surface area contributed by atoms with E-state index in [0.717, 1.165) is 38.4 Å². The van der Waals surface area contributed by atoms with E-state index in [9.17, 15) is 4.79 Å². The molecule has 0 saturated carbocycles. The van der Waals surface area contributed by atoms with E-state index in [-0.39, 0.29) is 5.41 Å². The van der Waals surface area contributed by atoms with Crippen molar-refractivity contribution in [2.24, 2.45) is 5.41 Å². The van der Waals surface area contributed by atoms with Crippen LogP contribution in [0.2, 0.25) is 0 Å². The zero-order valence-electron chi connectivity index (χ0n) is 8.39. The molecule has 13 heavy (non-hydrogen) atoms. The molecule has 0 aromatic heterocycles. The normalized spacial score (nSPS) is 14.9. The first-order chi connectivity index (χ1) is 6.24. The van der Waals surface area contributed by atoms with Crippen LogP contribution in [0.1, 0.15) is 39.0 Å². The highest BCUT2D eigenvalue weighted by Gasteiger charge is 2.25. The van der Waals surface area contributed by atoms with Crippen LogP contribution in [-0.4, -0.2) is 12.2 Å². The lowest BCUT2D eigenvalue weighted by Gasteiger charge is -2.25. The number of carbonyl (C=O) groups excluding carboxylic acids is 1. The van der Waals surface area contributed by atoms with Crippen molar-refractivity contribution >= 4 is 17.9 Å². The molecule has 0 N–H and O–H groups in total. The Bertz CT molecular complexity index is 156. The van der Waals surface area contributed by atoms with Gasteiger partial charge in [0.2, 0.25) is 0 Å². The highest BCUT2D eigenvalue weighted by atomic mass is 35.5. The standard InChI is InChI=1S/C11H19ClO/c1-3-5-7-11(4-2,10-13)8-6-9-12/h3,10H,1,4-9H2,2H3. The number of hydrogen-bond donors (Lipinski definition) is 0. The Labute approximate surface area is 86.2 Å². The largest absolute Gasteiger partial charge is 0.303 e. The molecule has 0 aliphatic carbocycles. The van der Waals surface area contributed by atoms with Crippen LogP contribution in [-0.2, 0) is 4.79 Å². The highest BCUT2D eigenvalue weighted by Crippen LogP contribution is 2.31. The number of aldehydes is 1. The molecule has 0 aromatic rings. The van der Waals surface area contributed by atoms with Gasteiger partial charge in [0.15, 0.2) is 0 Å². The molecular weight excluding hydrogens is 184 g/mol. The number of halogens is 1. The van der Waals surface area contributed by atoms with Crippen molar-refractivity contribution in [1.29, 1.82) is 0 Å². The molecule has 0 aromatic carbocycles. The maximum atomic E-state index is 11.0. The van der Waals surface area contributed by atoms with Gasteiger partial charge in [-0.05, 0) is 32.1 Å². The first-order valence-corrected chi connectivity index (χ1v) is 5.41. The second-order valence-corrected chi connectivity index (χ2v) is 3.83. The Morgan fingerprint density at radius 1 is 1.46 bits per heavy atom. The van der Waals surface area contributed by atoms with Gasteiger partial charge >= 0.3 is 0 Å². The van der Waals surface area contributed by atoms with Crippen molar-refractivity contribution in [2.45, 2.75) is 39.0 Å². The number of hydrogen-bond acceptors (Lipinski definition) is 1. The van der Waals surface area contributed by atoms with Crippen molar-refractivity contribution in [3.63, 3.8) is 0 Å². The second kappa shape index (κ2) is 7.14. The van der Waals surface area contributed by atoms with Crippen LogP contribution in [0.4, 0.5) is 0 Å². The maximum absolute atomic E-state index is 11.0. The van der Waals surface area contributed by atoms with Gasteiger partial charge in [0.05, 0.1) is 0 Å². The molecule has 0 saturated heterocycles. The Kier molecular flexibility index (Phi) is 6.97. The fourth-order valence-electron chi connectivity index (χ4n) is 1.49. The highest BCUT2D eigenvalue weighted by molar-refractivity contribution is 6.17. The summed E-state index contributed by atoms with van der Waals surface area (Å²) in [5.41, 5.74) is -0.150. The zero-order valence-corrected chi connectivity index (χ0v) is 9.15. The van der Waals surface area contributed by atoms with Crippen molar-refractivity contribution in [3.05, 3.63) is 12.7 Å². The third kappa shape index (κ3) is 4.47. The average Bonchev–Trinajstić information content (AvgIpc) is 2.20. The topological polar surface area (TPSA) is 17.1 Å². The second-order valence-electron chi connectivity index (χ2n) is 3.45. The van der Waals surface area contributed by atoms with Gasteiger partial charge in [-0.1, -0.05) is 13.0 Å². The minimum absolute atomic E-state index is 0.150. The third-order valence-corrected chi connectivity index (χ3v) is 2.88. The number of rotatable bonds is 8. The molecule has 76 valence electrons. The van der Waals surface area contributed by atoms with Gasteiger partial charge in [0.1, 0.15) is 6.29 Å². The maximum Gasteiger partial charge on any atom is 0.126 e. The summed E-state index contributed by atoms with van der Waals surface area (Å²) in [6.07, 6.45) is 7.52. The summed E-state index contributed by atoms with van der Waals surface area (Å²) >= 11 is 5.62. The lowest BCUT2D eigenvalue weighted by molar-refractivity contribution is -0.117. The fourth-order valence-corrected chi connectivity index (χ4v) is 1.62. The lowest BCUT2D eigenvalue weighted by Crippen LogP contribution is -2.21. The van der Waals surface area contributed by atoms with Crippen LogP contribution < -0.4 is 0 Å². The molecule has 0 aliphatic rings. The predicted molar refractivity (Wildman–Crippen MR) is 58.2 cm³/mol. The minimum atomic E-state index is -0.150. The summed E-state index contributed by atoms with van der Waals surface area (Å²) in [6.45, 7) is 5.73. The van der Waals surface area contributed by atoms with E-state index in [0.29, 0.717) is 5.88 Å². The monoisotopic (exact) mass is 202 g/mol. The Morgan fingerprint density at radius 3 is 2.54 bits per heavy atom. The van der Waals surface area contributed by atoms with E-state index in [4.69, 9.17) is 11.6 Å². The van der Waals surface area contributed by atoms with Crippen molar-refractivity contribution < 1.29 is 4.79 Å². The van der Waals surface area contributed by atoms with Crippen LogP contribution in [0.5, 0.6) is 0 Å². The number of allylic oxidation sites excluding steroid dienone is 1. The van der Waals surface area contributed by atoms with E-state index in [1.54, 1.807) is 0 Å². The molecular formula is C11H19ClO. The number of alkyl halides is 1. The molecule has 0 bridgehead atoms. The molecule has 2 heteroatoms. The first kappa shape index (κ1) is 12.7. The van der Waals surface area contributed by atoms with Crippen molar-refractivity contribution in [2.75, 3.05) is 5.88 Å². The van der Waals surface area contributed by atoms with E-state index >= 15 is 0 Å². The molecule has 0 amide bonds. The van der Waals surface area contributed by atoms with Gasteiger partial charge < -0.3 is 4.79 Å². The summed E-state index contributed by atoms with van der Waals surface area (Å²) < 4.78 is 0. The minimum Gasteiger partial charge on any atom is -0.303 e. The Balaban J connectivity index is 4.12. The lowest BCUT2D eigenvalue weighted by atomic mass is 9.78. The molecule has 1 atom stereocenters. The van der Waals surface area contributed by atoms with Crippen molar-refractivity contribution in [1.82, 2.24) is 0 Å². The molecule has 0 radical (unpaired) electrons. The molecule has 0 spiro atoms. The van der Waals surface area contributed by atoms with Crippen LogP contribution >= 0.6 is 11.6 Å². The average molecular weight is 203 g/mol.